The van der Waals surface area contributed by atoms with Gasteiger partial charge >= 0.3 is 5.97 Å². The van der Waals surface area contributed by atoms with Crippen molar-refractivity contribution in [1.29, 1.82) is 0 Å². The maximum absolute atomic E-state index is 11.7. The number of aromatic amines is 1. The van der Waals surface area contributed by atoms with E-state index in [1.54, 1.807) is 12.4 Å². The van der Waals surface area contributed by atoms with Gasteiger partial charge in [-0.05, 0) is 17.2 Å². The molecule has 6 nitrogen and oxygen atoms in total. The minimum absolute atomic E-state index is 0.0681. The third-order valence-corrected chi connectivity index (χ3v) is 3.78. The lowest BCUT2D eigenvalue weighted by Crippen LogP contribution is -2.11. The Morgan fingerprint density at radius 1 is 1.08 bits per heavy atom. The van der Waals surface area contributed by atoms with Crippen molar-refractivity contribution in [3.63, 3.8) is 0 Å². The van der Waals surface area contributed by atoms with Crippen LogP contribution in [0.1, 0.15) is 32.9 Å². The van der Waals surface area contributed by atoms with Crippen LogP contribution in [0.3, 0.4) is 0 Å². The lowest BCUT2D eigenvalue weighted by atomic mass is 10.0. The van der Waals surface area contributed by atoms with E-state index in [1.165, 1.54) is 13.3 Å². The van der Waals surface area contributed by atoms with Gasteiger partial charge in [0.2, 0.25) is 0 Å². The number of pyridine rings is 1. The van der Waals surface area contributed by atoms with Gasteiger partial charge in [0, 0.05) is 30.8 Å². The maximum Gasteiger partial charge on any atom is 0.358 e. The van der Waals surface area contributed by atoms with Crippen LogP contribution in [-0.4, -0.2) is 28.0 Å². The van der Waals surface area contributed by atoms with Crippen molar-refractivity contribution in [3.8, 4) is 0 Å². The number of nitrogens with one attached hydrogen (secondary N) is 1. The predicted octanol–water partition coefficient (Wildman–Crippen LogP) is 2.13. The number of carbonyl (C=O) groups is 1. The number of benzene rings is 1. The Labute approximate surface area is 144 Å². The Balaban J connectivity index is 1.72. The van der Waals surface area contributed by atoms with Gasteiger partial charge in [-0.3, -0.25) is 9.78 Å². The number of hydrogen-bond acceptors (Lipinski definition) is 5. The number of nitrogens with zero attached hydrogens (tertiary/aromatic N) is 2. The highest BCUT2D eigenvalue weighted by atomic mass is 16.5. The van der Waals surface area contributed by atoms with Gasteiger partial charge in [-0.2, -0.15) is 0 Å². The van der Waals surface area contributed by atoms with E-state index in [0.717, 1.165) is 16.7 Å². The summed E-state index contributed by atoms with van der Waals surface area (Å²) in [6.45, 7) is 0. The van der Waals surface area contributed by atoms with Crippen LogP contribution in [0.15, 0.2) is 59.8 Å². The largest absolute Gasteiger partial charge is 0.464 e. The Hall–Kier alpha value is -3.28. The van der Waals surface area contributed by atoms with Crippen molar-refractivity contribution in [2.45, 2.75) is 12.8 Å². The van der Waals surface area contributed by atoms with E-state index in [2.05, 4.69) is 19.7 Å². The van der Waals surface area contributed by atoms with Gasteiger partial charge in [0.05, 0.1) is 19.0 Å². The Bertz CT molecular complexity index is 933. The second kappa shape index (κ2) is 7.53. The van der Waals surface area contributed by atoms with Crippen molar-refractivity contribution < 1.29 is 9.53 Å². The highest BCUT2D eigenvalue weighted by Crippen LogP contribution is 2.12. The molecule has 6 heteroatoms. The average Bonchev–Trinajstić information content (AvgIpc) is 2.65. The number of carbonyl (C=O) groups excluding carboxylic acids is 1. The highest BCUT2D eigenvalue weighted by molar-refractivity contribution is 5.86. The van der Waals surface area contributed by atoms with Gasteiger partial charge in [0.1, 0.15) is 0 Å². The number of H-pyrrole nitrogens is 1. The second-order valence-electron chi connectivity index (χ2n) is 5.58. The molecule has 3 aromatic rings. The van der Waals surface area contributed by atoms with Gasteiger partial charge in [-0.15, -0.1) is 0 Å². The molecule has 0 amide bonds. The normalized spacial score (nSPS) is 10.4. The van der Waals surface area contributed by atoms with Crippen molar-refractivity contribution in [2.75, 3.05) is 7.11 Å². The Morgan fingerprint density at radius 2 is 1.80 bits per heavy atom. The molecule has 25 heavy (non-hydrogen) atoms. The first kappa shape index (κ1) is 16.6. The maximum atomic E-state index is 11.7. The summed E-state index contributed by atoms with van der Waals surface area (Å²) in [6.07, 6.45) is 5.77. The Kier molecular flexibility index (Phi) is 4.99. The summed E-state index contributed by atoms with van der Waals surface area (Å²) in [7, 11) is 1.31. The van der Waals surface area contributed by atoms with Crippen LogP contribution in [0.4, 0.5) is 0 Å². The average molecular weight is 335 g/mol. The molecule has 0 saturated heterocycles. The van der Waals surface area contributed by atoms with Crippen molar-refractivity contribution in [2.24, 2.45) is 0 Å². The Morgan fingerprint density at radius 3 is 2.48 bits per heavy atom. The van der Waals surface area contributed by atoms with Crippen LogP contribution in [0.25, 0.3) is 0 Å². The molecule has 3 rings (SSSR count). The van der Waals surface area contributed by atoms with E-state index in [4.69, 9.17) is 0 Å². The quantitative estimate of drug-likeness (QED) is 0.722. The molecule has 0 spiro atoms. The van der Waals surface area contributed by atoms with Crippen LogP contribution in [0.2, 0.25) is 0 Å². The zero-order valence-corrected chi connectivity index (χ0v) is 13.7. The summed E-state index contributed by atoms with van der Waals surface area (Å²) < 4.78 is 4.65. The van der Waals surface area contributed by atoms with E-state index in [-0.39, 0.29) is 11.3 Å². The number of ether oxygens (including phenoxy) is 1. The molecule has 0 radical (unpaired) electrons. The summed E-state index contributed by atoms with van der Waals surface area (Å²) in [4.78, 5) is 34.2. The molecule has 126 valence electrons. The minimum Gasteiger partial charge on any atom is -0.464 e. The molecule has 0 aliphatic heterocycles. The van der Waals surface area contributed by atoms with Crippen molar-refractivity contribution in [1.82, 2.24) is 15.0 Å². The number of rotatable bonds is 5. The highest BCUT2D eigenvalue weighted by Gasteiger charge is 2.09. The first-order valence-electron chi connectivity index (χ1n) is 7.79. The number of esters is 1. The van der Waals surface area contributed by atoms with Crippen molar-refractivity contribution >= 4 is 5.97 Å². The van der Waals surface area contributed by atoms with Crippen molar-refractivity contribution in [3.05, 3.63) is 93.4 Å². The fourth-order valence-corrected chi connectivity index (χ4v) is 2.49. The zero-order chi connectivity index (χ0) is 17.6. The fourth-order valence-electron chi connectivity index (χ4n) is 2.49. The predicted molar refractivity (Wildman–Crippen MR) is 92.5 cm³/mol. The standard InChI is InChI=1S/C19H17N3O3/c1-25-19(24)17-12-20-11-16(22-17)10-14-6-4-13(5-7-14)9-15-3-2-8-21-18(15)23/h2-8,11-12H,9-10H2,1H3,(H,21,23). The van der Waals surface area contributed by atoms with Gasteiger partial charge in [0.25, 0.3) is 5.56 Å². The molecule has 0 fully saturated rings. The summed E-state index contributed by atoms with van der Waals surface area (Å²) >= 11 is 0. The summed E-state index contributed by atoms with van der Waals surface area (Å²) in [6, 6.07) is 11.6. The van der Waals surface area contributed by atoms with E-state index < -0.39 is 5.97 Å². The minimum atomic E-state index is -0.502. The van der Waals surface area contributed by atoms with E-state index in [1.807, 2.05) is 36.4 Å². The third kappa shape index (κ3) is 4.17. The number of methoxy groups -OCH3 is 1. The van der Waals surface area contributed by atoms with Gasteiger partial charge in [-0.25, -0.2) is 9.78 Å². The molecule has 1 aromatic carbocycles. The van der Waals surface area contributed by atoms with E-state index >= 15 is 0 Å². The monoisotopic (exact) mass is 335 g/mol. The lowest BCUT2D eigenvalue weighted by molar-refractivity contribution is 0.0593. The van der Waals surface area contributed by atoms with Gasteiger partial charge < -0.3 is 9.72 Å². The zero-order valence-electron chi connectivity index (χ0n) is 13.7. The smallest absolute Gasteiger partial charge is 0.358 e. The topological polar surface area (TPSA) is 84.9 Å². The van der Waals surface area contributed by atoms with E-state index in [9.17, 15) is 9.59 Å². The number of hydrogen-bond donors (Lipinski definition) is 1. The summed E-state index contributed by atoms with van der Waals surface area (Å²) in [5.74, 6) is -0.502. The first-order chi connectivity index (χ1) is 12.2. The lowest BCUT2D eigenvalue weighted by Gasteiger charge is -2.05. The third-order valence-electron chi connectivity index (χ3n) is 3.78. The van der Waals surface area contributed by atoms with Crippen LogP contribution >= 0.6 is 0 Å². The summed E-state index contributed by atoms with van der Waals surface area (Å²) in [5, 5.41) is 0. The molecule has 0 aliphatic carbocycles. The molecule has 0 unspecified atom stereocenters. The number of aromatic nitrogens is 3. The molecule has 0 saturated carbocycles. The molecule has 0 bridgehead atoms. The first-order valence-corrected chi connectivity index (χ1v) is 7.79. The summed E-state index contributed by atoms with van der Waals surface area (Å²) in [5.41, 5.74) is 3.64. The molecule has 2 heterocycles. The van der Waals surface area contributed by atoms with Gasteiger partial charge in [0.15, 0.2) is 5.69 Å². The van der Waals surface area contributed by atoms with Crippen LogP contribution in [-0.2, 0) is 17.6 Å². The fraction of sp³-hybridized carbons (Fsp3) is 0.158. The van der Waals surface area contributed by atoms with Crippen LogP contribution in [0.5, 0.6) is 0 Å². The van der Waals surface area contributed by atoms with Gasteiger partial charge in [-0.1, -0.05) is 30.3 Å². The molecule has 2 aromatic heterocycles. The molecular formula is C19H17N3O3. The van der Waals surface area contributed by atoms with Crippen LogP contribution < -0.4 is 5.56 Å². The molecule has 0 atom stereocenters. The molecule has 1 N–H and O–H groups in total. The second-order valence-corrected chi connectivity index (χ2v) is 5.58. The molecule has 0 aliphatic rings. The van der Waals surface area contributed by atoms with E-state index in [0.29, 0.717) is 18.5 Å². The SMILES string of the molecule is COC(=O)c1cncc(Cc2ccc(Cc3ccc[nH]c3=O)cc2)n1. The molecular weight excluding hydrogens is 318 g/mol. The van der Waals surface area contributed by atoms with Crippen LogP contribution in [0, 0.1) is 0 Å².